The molecule has 0 amide bonds. The van der Waals surface area contributed by atoms with Gasteiger partial charge in [0.15, 0.2) is 5.82 Å². The summed E-state index contributed by atoms with van der Waals surface area (Å²) in [7, 11) is 1.94. The molecule has 2 unspecified atom stereocenters. The number of rotatable bonds is 11. The minimum Gasteiger partial charge on any atom is -0.463 e. The first kappa shape index (κ1) is 32.4. The molecular formula is C40H35FN8O2S. The number of pyridine rings is 1. The molecule has 0 radical (unpaired) electrons. The van der Waals surface area contributed by atoms with Crippen molar-refractivity contribution >= 4 is 39.3 Å². The number of thioether (sulfide) groups is 1. The molecule has 10 nitrogen and oxygen atoms in total. The highest BCUT2D eigenvalue weighted by molar-refractivity contribution is 7.98. The Morgan fingerprint density at radius 1 is 0.904 bits per heavy atom. The van der Waals surface area contributed by atoms with Gasteiger partial charge in [-0.25, -0.2) is 19.8 Å². The third-order valence-electron chi connectivity index (χ3n) is 9.39. The summed E-state index contributed by atoms with van der Waals surface area (Å²) in [5.41, 5.74) is 5.59. The Morgan fingerprint density at radius 3 is 2.60 bits per heavy atom. The van der Waals surface area contributed by atoms with Crippen LogP contribution < -0.4 is 19.8 Å². The zero-order valence-electron chi connectivity index (χ0n) is 28.4. The number of hydrogen-bond donors (Lipinski definition) is 1. The van der Waals surface area contributed by atoms with Crippen LogP contribution >= 0.6 is 11.8 Å². The van der Waals surface area contributed by atoms with Crippen molar-refractivity contribution in [1.29, 1.82) is 0 Å². The molecule has 3 fully saturated rings. The second-order valence-electron chi connectivity index (χ2n) is 13.0. The molecule has 0 spiro atoms. The number of imidazole rings is 1. The average molecular weight is 711 g/mol. The molecular weight excluding hydrogens is 676 g/mol. The van der Waals surface area contributed by atoms with Gasteiger partial charge in [0.1, 0.15) is 34.4 Å². The van der Waals surface area contributed by atoms with Crippen LogP contribution in [0.1, 0.15) is 11.4 Å². The van der Waals surface area contributed by atoms with Crippen molar-refractivity contribution in [3.63, 3.8) is 0 Å². The average Bonchev–Trinajstić information content (AvgIpc) is 3.58. The van der Waals surface area contributed by atoms with Crippen LogP contribution in [0, 0.1) is 5.82 Å². The Morgan fingerprint density at radius 2 is 1.77 bits per heavy atom. The Kier molecular flexibility index (Phi) is 8.63. The van der Waals surface area contributed by atoms with E-state index in [1.807, 2.05) is 78.5 Å². The van der Waals surface area contributed by atoms with Crippen molar-refractivity contribution < 1.29 is 13.9 Å². The first-order valence-electron chi connectivity index (χ1n) is 17.2. The van der Waals surface area contributed by atoms with Gasteiger partial charge >= 0.3 is 6.01 Å². The van der Waals surface area contributed by atoms with Crippen molar-refractivity contribution in [3.8, 4) is 28.8 Å². The molecule has 0 aliphatic carbocycles. The molecule has 260 valence electrons. The van der Waals surface area contributed by atoms with Crippen LogP contribution in [0.15, 0.2) is 114 Å². The molecule has 10 rings (SSSR count). The number of ether oxygens (including phenoxy) is 2. The number of anilines is 1. The lowest BCUT2D eigenvalue weighted by Gasteiger charge is -2.50. The molecule has 3 aromatic heterocycles. The lowest BCUT2D eigenvalue weighted by Crippen LogP contribution is -2.73. The number of benzene rings is 4. The lowest BCUT2D eigenvalue weighted by atomic mass is 10.00. The van der Waals surface area contributed by atoms with E-state index in [0.29, 0.717) is 54.0 Å². The summed E-state index contributed by atoms with van der Waals surface area (Å²) in [6.45, 7) is 2.59. The predicted molar refractivity (Wildman–Crippen MR) is 201 cm³/mol. The predicted octanol–water partition coefficient (Wildman–Crippen LogP) is 7.39. The van der Waals surface area contributed by atoms with Crippen LogP contribution in [0.2, 0.25) is 0 Å². The number of nitrogens with one attached hydrogen (secondary N) is 1. The molecule has 3 saturated heterocycles. The zero-order chi connectivity index (χ0) is 35.0. The molecule has 6 heterocycles. The van der Waals surface area contributed by atoms with Gasteiger partial charge in [-0.05, 0) is 46.7 Å². The van der Waals surface area contributed by atoms with E-state index < -0.39 is 5.82 Å². The Bertz CT molecular complexity index is 2390. The Labute approximate surface area is 304 Å². The fourth-order valence-corrected chi connectivity index (χ4v) is 7.71. The van der Waals surface area contributed by atoms with E-state index in [-0.39, 0.29) is 17.2 Å². The number of fused-ring (bicyclic) bond motifs is 4. The van der Waals surface area contributed by atoms with Gasteiger partial charge in [0.05, 0.1) is 24.7 Å². The number of hydrazine groups is 1. The quantitative estimate of drug-likeness (QED) is 0.137. The van der Waals surface area contributed by atoms with Crippen molar-refractivity contribution in [2.45, 2.75) is 23.1 Å². The molecule has 52 heavy (non-hydrogen) atoms. The molecule has 1 N–H and O–H groups in total. The van der Waals surface area contributed by atoms with Crippen LogP contribution in [0.4, 0.5) is 10.2 Å². The highest BCUT2D eigenvalue weighted by atomic mass is 32.2. The molecule has 3 aliphatic rings. The van der Waals surface area contributed by atoms with Crippen LogP contribution in [0.5, 0.6) is 17.5 Å². The number of hydrogen-bond acceptors (Lipinski definition) is 10. The maximum atomic E-state index is 17.0. The highest BCUT2D eigenvalue weighted by Crippen LogP contribution is 2.39. The summed E-state index contributed by atoms with van der Waals surface area (Å²) in [4.78, 5) is 21.8. The van der Waals surface area contributed by atoms with Gasteiger partial charge in [-0.1, -0.05) is 60.7 Å². The normalized spacial score (nSPS) is 16.6. The van der Waals surface area contributed by atoms with E-state index in [1.165, 1.54) is 5.56 Å². The van der Waals surface area contributed by atoms with Crippen LogP contribution in [-0.4, -0.2) is 61.9 Å². The van der Waals surface area contributed by atoms with Crippen LogP contribution in [0.25, 0.3) is 32.9 Å². The summed E-state index contributed by atoms with van der Waals surface area (Å²) in [5, 5.41) is 4.39. The maximum Gasteiger partial charge on any atom is 0.319 e. The smallest absolute Gasteiger partial charge is 0.319 e. The first-order valence-corrected chi connectivity index (χ1v) is 18.2. The summed E-state index contributed by atoms with van der Waals surface area (Å²) in [6.07, 6.45) is 5.88. The third kappa shape index (κ3) is 6.52. The summed E-state index contributed by atoms with van der Waals surface area (Å²) >= 11 is 1.75. The van der Waals surface area contributed by atoms with Gasteiger partial charge in [0, 0.05) is 61.4 Å². The molecule has 7 aromatic rings. The second kappa shape index (κ2) is 13.9. The summed E-state index contributed by atoms with van der Waals surface area (Å²) in [5.74, 6) is 3.06. The van der Waals surface area contributed by atoms with Gasteiger partial charge in [0.25, 0.3) is 0 Å². The van der Waals surface area contributed by atoms with Crippen molar-refractivity contribution in [2.24, 2.45) is 7.05 Å². The molecule has 12 heteroatoms. The van der Waals surface area contributed by atoms with E-state index in [4.69, 9.17) is 19.4 Å². The van der Waals surface area contributed by atoms with Gasteiger partial charge in [-0.2, -0.15) is 9.97 Å². The SMILES string of the molecule is Cn1ccnc1CCOc1nc(N2CC3CN(C2)N3)c2cnc(-c3cc(Oc4cccc(SCc5ccccc5)c4)cc4ccccc34)c(F)c2n1. The minimum atomic E-state index is -0.544. The second-order valence-corrected chi connectivity index (χ2v) is 14.1. The van der Waals surface area contributed by atoms with Gasteiger partial charge in [-0.3, -0.25) is 4.98 Å². The Balaban J connectivity index is 1.07. The van der Waals surface area contributed by atoms with Crippen molar-refractivity contribution in [2.75, 3.05) is 31.3 Å². The van der Waals surface area contributed by atoms with E-state index >= 15 is 4.39 Å². The Hall–Kier alpha value is -5.56. The summed E-state index contributed by atoms with van der Waals surface area (Å²) in [6, 6.07) is 30.5. The number of aromatic nitrogens is 5. The molecule has 4 aromatic carbocycles. The molecule has 2 atom stereocenters. The van der Waals surface area contributed by atoms with Crippen LogP contribution in [-0.2, 0) is 19.2 Å². The van der Waals surface area contributed by atoms with Gasteiger partial charge < -0.3 is 18.9 Å². The first-order chi connectivity index (χ1) is 25.5. The topological polar surface area (TPSA) is 93.5 Å². The number of halogens is 1. The van der Waals surface area contributed by atoms with E-state index in [9.17, 15) is 0 Å². The number of nitrogens with zero attached hydrogens (tertiary/aromatic N) is 7. The standard InChI is InChI=1S/C40H35FN8O2S/c1-47-16-15-42-35(47)14-17-50-40-44-38-34(39(45-40)48-22-28-23-49(25-48)46-28)21-43-37(36(38)41)33-20-30(18-27-10-5-6-13-32(27)33)51-29-11-7-12-31(19-29)52-24-26-8-3-2-4-9-26/h2-13,15-16,18-21,28,46H,14,17,22-25H2,1H3. The van der Waals surface area contributed by atoms with E-state index in [2.05, 4.69) is 55.6 Å². The lowest BCUT2D eigenvalue weighted by molar-refractivity contribution is 0.0135. The molecule has 0 saturated carbocycles. The zero-order valence-corrected chi connectivity index (χ0v) is 29.3. The third-order valence-corrected chi connectivity index (χ3v) is 10.5. The van der Waals surface area contributed by atoms with Crippen molar-refractivity contribution in [1.82, 2.24) is 34.9 Å². The van der Waals surface area contributed by atoms with E-state index in [1.54, 1.807) is 24.2 Å². The van der Waals surface area contributed by atoms with Crippen molar-refractivity contribution in [3.05, 3.63) is 127 Å². The molecule has 3 aliphatic heterocycles. The maximum absolute atomic E-state index is 17.0. The van der Waals surface area contributed by atoms with E-state index in [0.717, 1.165) is 40.3 Å². The van der Waals surface area contributed by atoms with Crippen LogP contribution in [0.3, 0.4) is 0 Å². The fourth-order valence-electron chi connectivity index (χ4n) is 6.81. The molecule has 2 bridgehead atoms. The summed E-state index contributed by atoms with van der Waals surface area (Å²) < 4.78 is 31.5. The fraction of sp³-hybridized carbons (Fsp3) is 0.200. The monoisotopic (exact) mass is 710 g/mol. The van der Waals surface area contributed by atoms with Gasteiger partial charge in [0.2, 0.25) is 0 Å². The minimum absolute atomic E-state index is 0.113. The van der Waals surface area contributed by atoms with Gasteiger partial charge in [-0.15, -0.1) is 11.8 Å². The largest absolute Gasteiger partial charge is 0.463 e. The number of aryl methyl sites for hydroxylation is 1. The highest BCUT2D eigenvalue weighted by Gasteiger charge is 2.36.